The Bertz CT molecular complexity index is 422. The molecule has 3 atom stereocenters. The summed E-state index contributed by atoms with van der Waals surface area (Å²) in [6, 6.07) is 1.01. The zero-order valence-electron chi connectivity index (χ0n) is 13.2. The van der Waals surface area contributed by atoms with Gasteiger partial charge >= 0.3 is 0 Å². The van der Waals surface area contributed by atoms with Gasteiger partial charge in [0.2, 0.25) is 0 Å². The molecule has 1 heterocycles. The van der Waals surface area contributed by atoms with Gasteiger partial charge in [-0.2, -0.15) is 5.10 Å². The number of hydrogen-bond acceptors (Lipinski definition) is 2. The highest BCUT2D eigenvalue weighted by molar-refractivity contribution is 5.28. The van der Waals surface area contributed by atoms with Crippen molar-refractivity contribution < 1.29 is 0 Å². The van der Waals surface area contributed by atoms with Gasteiger partial charge < -0.3 is 5.32 Å². The second kappa shape index (κ2) is 6.08. The lowest BCUT2D eigenvalue weighted by Crippen LogP contribution is -2.21. The normalized spacial score (nSPS) is 25.5. The van der Waals surface area contributed by atoms with Crippen molar-refractivity contribution in [2.75, 3.05) is 7.05 Å². The summed E-state index contributed by atoms with van der Waals surface area (Å²) in [5.74, 6) is 0.896. The molecule has 1 aliphatic carbocycles. The molecule has 1 aromatic heterocycles. The number of hydrogen-bond donors (Lipinski definition) is 1. The highest BCUT2D eigenvalue weighted by atomic mass is 15.3. The van der Waals surface area contributed by atoms with E-state index >= 15 is 0 Å². The molecule has 0 spiro atoms. The molecule has 1 saturated carbocycles. The number of aromatic nitrogens is 2. The lowest BCUT2D eigenvalue weighted by Gasteiger charge is -2.29. The van der Waals surface area contributed by atoms with E-state index in [2.05, 4.69) is 37.7 Å². The van der Waals surface area contributed by atoms with Crippen LogP contribution in [0.1, 0.15) is 75.0 Å². The first kappa shape index (κ1) is 14.6. The fourth-order valence-corrected chi connectivity index (χ4v) is 3.66. The largest absolute Gasteiger partial charge is 0.313 e. The van der Waals surface area contributed by atoms with E-state index in [0.717, 1.165) is 5.92 Å². The molecular weight excluding hydrogens is 234 g/mol. The smallest absolute Gasteiger partial charge is 0.0644 e. The summed E-state index contributed by atoms with van der Waals surface area (Å²) < 4.78 is 2.32. The number of nitrogens with zero attached hydrogens (tertiary/aromatic N) is 2. The van der Waals surface area contributed by atoms with Gasteiger partial charge in [-0.3, -0.25) is 4.68 Å². The summed E-state index contributed by atoms with van der Waals surface area (Å²) >= 11 is 0. The third kappa shape index (κ3) is 2.86. The lowest BCUT2D eigenvalue weighted by molar-refractivity contribution is 0.244. The molecule has 0 aliphatic heterocycles. The molecule has 3 unspecified atom stereocenters. The first-order valence-electron chi connectivity index (χ1n) is 7.81. The van der Waals surface area contributed by atoms with E-state index < -0.39 is 0 Å². The summed E-state index contributed by atoms with van der Waals surface area (Å²) in [7, 11) is 2.02. The van der Waals surface area contributed by atoms with Crippen LogP contribution in [0.15, 0.2) is 0 Å². The van der Waals surface area contributed by atoms with Crippen LogP contribution < -0.4 is 5.32 Å². The number of rotatable bonds is 4. The Hall–Kier alpha value is -0.830. The predicted octanol–water partition coefficient (Wildman–Crippen LogP) is 3.92. The molecule has 0 radical (unpaired) electrons. The Balaban J connectivity index is 2.25. The van der Waals surface area contributed by atoms with E-state index in [-0.39, 0.29) is 0 Å². The van der Waals surface area contributed by atoms with Crippen molar-refractivity contribution in [3.05, 3.63) is 17.0 Å². The van der Waals surface area contributed by atoms with E-state index in [9.17, 15) is 0 Å². The average molecular weight is 263 g/mol. The van der Waals surface area contributed by atoms with Gasteiger partial charge in [0.15, 0.2) is 0 Å². The average Bonchev–Trinajstić information content (AvgIpc) is 2.73. The van der Waals surface area contributed by atoms with Crippen molar-refractivity contribution in [3.8, 4) is 0 Å². The maximum atomic E-state index is 4.85. The van der Waals surface area contributed by atoms with Gasteiger partial charge in [0.05, 0.1) is 11.7 Å². The zero-order chi connectivity index (χ0) is 14.0. The summed E-state index contributed by atoms with van der Waals surface area (Å²) in [5.41, 5.74) is 3.94. The molecule has 1 aliphatic rings. The minimum atomic E-state index is 0.388. The fraction of sp³-hybridized carbons (Fsp3) is 0.812. The van der Waals surface area contributed by atoms with Gasteiger partial charge in [0, 0.05) is 17.3 Å². The molecule has 1 aromatic rings. The summed E-state index contributed by atoms with van der Waals surface area (Å²) in [6.07, 6.45) is 6.69. The Morgan fingerprint density at radius 3 is 2.74 bits per heavy atom. The van der Waals surface area contributed by atoms with Crippen LogP contribution in [0.2, 0.25) is 0 Å². The molecular formula is C16H29N3. The van der Waals surface area contributed by atoms with Gasteiger partial charge in [-0.05, 0) is 46.6 Å². The molecule has 1 N–H and O–H groups in total. The second-order valence-corrected chi connectivity index (χ2v) is 6.13. The van der Waals surface area contributed by atoms with Crippen LogP contribution >= 0.6 is 0 Å². The maximum absolute atomic E-state index is 4.85. The quantitative estimate of drug-likeness (QED) is 0.892. The Morgan fingerprint density at radius 2 is 2.11 bits per heavy atom. The molecule has 3 nitrogen and oxygen atoms in total. The highest BCUT2D eigenvalue weighted by Gasteiger charge is 2.26. The van der Waals surface area contributed by atoms with Crippen molar-refractivity contribution in [2.45, 2.75) is 71.9 Å². The molecule has 19 heavy (non-hydrogen) atoms. The summed E-state index contributed by atoms with van der Waals surface area (Å²) in [4.78, 5) is 0. The highest BCUT2D eigenvalue weighted by Crippen LogP contribution is 2.36. The van der Waals surface area contributed by atoms with Crippen molar-refractivity contribution in [1.29, 1.82) is 0 Å². The van der Waals surface area contributed by atoms with Crippen LogP contribution in [0, 0.1) is 19.8 Å². The van der Waals surface area contributed by atoms with Gasteiger partial charge in [-0.1, -0.05) is 26.2 Å². The molecule has 2 rings (SSSR count). The Morgan fingerprint density at radius 1 is 1.37 bits per heavy atom. The van der Waals surface area contributed by atoms with E-state index in [0.29, 0.717) is 12.1 Å². The van der Waals surface area contributed by atoms with E-state index in [1.54, 1.807) is 0 Å². The van der Waals surface area contributed by atoms with Crippen molar-refractivity contribution >= 4 is 0 Å². The van der Waals surface area contributed by atoms with Crippen LogP contribution in [-0.2, 0) is 0 Å². The van der Waals surface area contributed by atoms with Gasteiger partial charge in [-0.25, -0.2) is 0 Å². The minimum Gasteiger partial charge on any atom is -0.313 e. The van der Waals surface area contributed by atoms with Crippen molar-refractivity contribution in [2.24, 2.45) is 5.92 Å². The van der Waals surface area contributed by atoms with Gasteiger partial charge in [-0.15, -0.1) is 0 Å². The first-order chi connectivity index (χ1) is 9.08. The molecule has 0 saturated heterocycles. The third-order valence-corrected chi connectivity index (χ3v) is 4.93. The van der Waals surface area contributed by atoms with Crippen LogP contribution in [0.4, 0.5) is 0 Å². The lowest BCUT2D eigenvalue weighted by atomic mass is 9.84. The zero-order valence-corrected chi connectivity index (χ0v) is 13.2. The molecule has 0 amide bonds. The van der Waals surface area contributed by atoms with Gasteiger partial charge in [0.1, 0.15) is 0 Å². The molecule has 0 aromatic carbocycles. The molecule has 1 fully saturated rings. The number of nitrogens with one attached hydrogen (secondary N) is 1. The fourth-order valence-electron chi connectivity index (χ4n) is 3.66. The Labute approximate surface area is 117 Å². The van der Waals surface area contributed by atoms with E-state index in [1.165, 1.54) is 49.1 Å². The third-order valence-electron chi connectivity index (χ3n) is 4.93. The topological polar surface area (TPSA) is 29.9 Å². The second-order valence-electron chi connectivity index (χ2n) is 6.13. The van der Waals surface area contributed by atoms with Gasteiger partial charge in [0.25, 0.3) is 0 Å². The predicted molar refractivity (Wildman–Crippen MR) is 80.5 cm³/mol. The monoisotopic (exact) mass is 263 g/mol. The van der Waals surface area contributed by atoms with Crippen LogP contribution in [-0.4, -0.2) is 16.8 Å². The van der Waals surface area contributed by atoms with Crippen LogP contribution in [0.5, 0.6) is 0 Å². The van der Waals surface area contributed by atoms with Crippen molar-refractivity contribution in [3.63, 3.8) is 0 Å². The molecule has 108 valence electrons. The first-order valence-corrected chi connectivity index (χ1v) is 7.81. The number of aryl methyl sites for hydroxylation is 1. The SMILES string of the molecule is CCC1CCCC(n2nc(C)c(C(C)NC)c2C)C1. The van der Waals surface area contributed by atoms with Crippen LogP contribution in [0.3, 0.4) is 0 Å². The van der Waals surface area contributed by atoms with Crippen LogP contribution in [0.25, 0.3) is 0 Å². The summed E-state index contributed by atoms with van der Waals surface area (Å²) in [6.45, 7) is 8.92. The minimum absolute atomic E-state index is 0.388. The standard InChI is InChI=1S/C16H29N3/c1-6-14-8-7-9-15(10-14)19-13(4)16(11(2)17-5)12(3)18-19/h11,14-15,17H,6-10H2,1-5H3. The van der Waals surface area contributed by atoms with Crippen molar-refractivity contribution in [1.82, 2.24) is 15.1 Å². The molecule has 0 bridgehead atoms. The summed E-state index contributed by atoms with van der Waals surface area (Å²) in [5, 5.41) is 8.19. The Kier molecular flexibility index (Phi) is 4.67. The maximum Gasteiger partial charge on any atom is 0.0644 e. The molecule has 3 heteroatoms. The van der Waals surface area contributed by atoms with E-state index in [4.69, 9.17) is 5.10 Å². The van der Waals surface area contributed by atoms with E-state index in [1.807, 2.05) is 7.05 Å².